The molecule has 0 radical (unpaired) electrons. The third-order valence-electron chi connectivity index (χ3n) is 3.62. The Morgan fingerprint density at radius 1 is 1.69 bits per heavy atom. The summed E-state index contributed by atoms with van der Waals surface area (Å²) >= 11 is 0. The normalized spacial score (nSPS) is 34.6. The average molecular weight is 180 g/mol. The van der Waals surface area contributed by atoms with E-state index in [2.05, 4.69) is 20.4 Å². The molecule has 0 aromatic heterocycles. The van der Waals surface area contributed by atoms with Gasteiger partial charge in [0, 0.05) is 12.3 Å². The number of ketones is 1. The number of hydrogen-bond donors (Lipinski definition) is 0. The fourth-order valence-electron chi connectivity index (χ4n) is 2.26. The predicted octanol–water partition coefficient (Wildman–Crippen LogP) is 3.35. The van der Waals surface area contributed by atoms with Crippen molar-refractivity contribution in [2.75, 3.05) is 0 Å². The Morgan fingerprint density at radius 3 is 3.00 bits per heavy atom. The Bertz CT molecular complexity index is 207. The topological polar surface area (TPSA) is 17.1 Å². The molecule has 0 aromatic rings. The minimum Gasteiger partial charge on any atom is -0.299 e. The molecule has 13 heavy (non-hydrogen) atoms. The standard InChI is InChI=1S/C12H20O/c1-4-5-8-12(3)9-6-7-11(13)10(12)2/h4,10H,1,5-9H2,2-3H3. The maximum Gasteiger partial charge on any atom is 0.136 e. The van der Waals surface area contributed by atoms with E-state index in [0.717, 1.165) is 25.7 Å². The summed E-state index contributed by atoms with van der Waals surface area (Å²) in [6.45, 7) is 8.07. The highest BCUT2D eigenvalue weighted by Gasteiger charge is 2.37. The van der Waals surface area contributed by atoms with Crippen LogP contribution in [0.5, 0.6) is 0 Å². The number of rotatable bonds is 3. The van der Waals surface area contributed by atoms with Gasteiger partial charge < -0.3 is 0 Å². The lowest BCUT2D eigenvalue weighted by atomic mass is 9.65. The lowest BCUT2D eigenvalue weighted by molar-refractivity contribution is -0.129. The smallest absolute Gasteiger partial charge is 0.136 e. The predicted molar refractivity (Wildman–Crippen MR) is 55.6 cm³/mol. The zero-order chi connectivity index (χ0) is 9.90. The molecule has 0 aromatic carbocycles. The van der Waals surface area contributed by atoms with Crippen LogP contribution in [0.1, 0.15) is 46.0 Å². The van der Waals surface area contributed by atoms with Crippen molar-refractivity contribution < 1.29 is 4.79 Å². The number of carbonyl (C=O) groups excluding carboxylic acids is 1. The monoisotopic (exact) mass is 180 g/mol. The van der Waals surface area contributed by atoms with E-state index in [0.29, 0.717) is 5.78 Å². The molecular weight excluding hydrogens is 160 g/mol. The van der Waals surface area contributed by atoms with Gasteiger partial charge >= 0.3 is 0 Å². The van der Waals surface area contributed by atoms with Gasteiger partial charge in [-0.3, -0.25) is 4.79 Å². The van der Waals surface area contributed by atoms with Crippen LogP contribution in [0.3, 0.4) is 0 Å². The Hall–Kier alpha value is -0.590. The SMILES string of the molecule is C=CCCC1(C)CCCC(=O)C1C. The first-order valence-corrected chi connectivity index (χ1v) is 5.24. The molecule has 1 aliphatic rings. The lowest BCUT2D eigenvalue weighted by Gasteiger charge is -2.38. The highest BCUT2D eigenvalue weighted by atomic mass is 16.1. The highest BCUT2D eigenvalue weighted by Crippen LogP contribution is 2.42. The van der Waals surface area contributed by atoms with Crippen molar-refractivity contribution in [2.24, 2.45) is 11.3 Å². The Balaban J connectivity index is 2.63. The molecule has 1 aliphatic carbocycles. The molecular formula is C12H20O. The molecule has 74 valence electrons. The molecule has 0 saturated heterocycles. The van der Waals surface area contributed by atoms with Crippen molar-refractivity contribution in [3.8, 4) is 0 Å². The van der Waals surface area contributed by atoms with Gasteiger partial charge in [-0.2, -0.15) is 0 Å². The van der Waals surface area contributed by atoms with E-state index < -0.39 is 0 Å². The summed E-state index contributed by atoms with van der Waals surface area (Å²) in [5, 5.41) is 0. The number of hydrogen-bond acceptors (Lipinski definition) is 1. The third kappa shape index (κ3) is 2.20. The maximum atomic E-state index is 11.5. The molecule has 2 atom stereocenters. The Kier molecular flexibility index (Phi) is 3.29. The van der Waals surface area contributed by atoms with E-state index in [4.69, 9.17) is 0 Å². The second-order valence-electron chi connectivity index (χ2n) is 4.52. The van der Waals surface area contributed by atoms with Crippen molar-refractivity contribution in [1.82, 2.24) is 0 Å². The van der Waals surface area contributed by atoms with E-state index in [1.807, 2.05) is 6.08 Å². The van der Waals surface area contributed by atoms with Gasteiger partial charge in [0.15, 0.2) is 0 Å². The fraction of sp³-hybridized carbons (Fsp3) is 0.750. The molecule has 1 saturated carbocycles. The van der Waals surface area contributed by atoms with Gasteiger partial charge in [-0.05, 0) is 31.1 Å². The molecule has 1 rings (SSSR count). The maximum absolute atomic E-state index is 11.5. The second-order valence-corrected chi connectivity index (χ2v) is 4.52. The molecule has 0 bridgehead atoms. The van der Waals surface area contributed by atoms with Crippen molar-refractivity contribution in [2.45, 2.75) is 46.0 Å². The van der Waals surface area contributed by atoms with E-state index in [1.165, 1.54) is 6.42 Å². The van der Waals surface area contributed by atoms with Crippen LogP contribution in [-0.2, 0) is 4.79 Å². The summed E-state index contributed by atoms with van der Waals surface area (Å²) in [7, 11) is 0. The fourth-order valence-corrected chi connectivity index (χ4v) is 2.26. The van der Waals surface area contributed by atoms with Crippen LogP contribution in [-0.4, -0.2) is 5.78 Å². The van der Waals surface area contributed by atoms with Crippen molar-refractivity contribution in [1.29, 1.82) is 0 Å². The van der Waals surface area contributed by atoms with E-state index >= 15 is 0 Å². The molecule has 1 nitrogen and oxygen atoms in total. The van der Waals surface area contributed by atoms with E-state index in [1.54, 1.807) is 0 Å². The first-order chi connectivity index (χ1) is 6.10. The minimum absolute atomic E-state index is 0.240. The molecule has 0 heterocycles. The zero-order valence-electron chi connectivity index (χ0n) is 8.81. The van der Waals surface area contributed by atoms with Gasteiger partial charge in [-0.1, -0.05) is 19.9 Å². The summed E-state index contributed by atoms with van der Waals surface area (Å²) in [6.07, 6.45) is 7.18. The number of Topliss-reactive ketones (excluding diaryl/α,β-unsaturated/α-hetero) is 1. The molecule has 0 aliphatic heterocycles. The van der Waals surface area contributed by atoms with Gasteiger partial charge in [0.25, 0.3) is 0 Å². The minimum atomic E-state index is 0.240. The molecule has 2 unspecified atom stereocenters. The van der Waals surface area contributed by atoms with Crippen molar-refractivity contribution >= 4 is 5.78 Å². The lowest BCUT2D eigenvalue weighted by Crippen LogP contribution is -2.35. The van der Waals surface area contributed by atoms with Crippen LogP contribution >= 0.6 is 0 Å². The largest absolute Gasteiger partial charge is 0.299 e. The van der Waals surface area contributed by atoms with Crippen LogP contribution in [0.2, 0.25) is 0 Å². The van der Waals surface area contributed by atoms with Crippen molar-refractivity contribution in [3.05, 3.63) is 12.7 Å². The first-order valence-electron chi connectivity index (χ1n) is 5.24. The van der Waals surface area contributed by atoms with Crippen LogP contribution in [0, 0.1) is 11.3 Å². The molecule has 0 N–H and O–H groups in total. The molecule has 1 heteroatoms. The summed E-state index contributed by atoms with van der Waals surface area (Å²) in [4.78, 5) is 11.5. The quantitative estimate of drug-likeness (QED) is 0.609. The molecule has 0 amide bonds. The second kappa shape index (κ2) is 4.08. The zero-order valence-corrected chi connectivity index (χ0v) is 8.81. The van der Waals surface area contributed by atoms with Crippen LogP contribution in [0.4, 0.5) is 0 Å². The van der Waals surface area contributed by atoms with Gasteiger partial charge in [0.05, 0.1) is 0 Å². The molecule has 1 fully saturated rings. The number of carbonyl (C=O) groups is 1. The average Bonchev–Trinajstić information content (AvgIpc) is 2.11. The van der Waals surface area contributed by atoms with E-state index in [9.17, 15) is 4.79 Å². The van der Waals surface area contributed by atoms with Gasteiger partial charge in [-0.25, -0.2) is 0 Å². The van der Waals surface area contributed by atoms with Crippen LogP contribution in [0.15, 0.2) is 12.7 Å². The first kappa shape index (κ1) is 10.5. The third-order valence-corrected chi connectivity index (χ3v) is 3.62. The summed E-state index contributed by atoms with van der Waals surface area (Å²) < 4.78 is 0. The van der Waals surface area contributed by atoms with Crippen LogP contribution in [0.25, 0.3) is 0 Å². The molecule has 0 spiro atoms. The number of allylic oxidation sites excluding steroid dienone is 1. The van der Waals surface area contributed by atoms with Gasteiger partial charge in [0.1, 0.15) is 5.78 Å². The summed E-state index contributed by atoms with van der Waals surface area (Å²) in [5.41, 5.74) is 0.240. The van der Waals surface area contributed by atoms with Crippen molar-refractivity contribution in [3.63, 3.8) is 0 Å². The summed E-state index contributed by atoms with van der Waals surface area (Å²) in [6, 6.07) is 0. The highest BCUT2D eigenvalue weighted by molar-refractivity contribution is 5.82. The Labute approximate surface area is 81.2 Å². The van der Waals surface area contributed by atoms with Crippen LogP contribution < -0.4 is 0 Å². The summed E-state index contributed by atoms with van der Waals surface area (Å²) in [5.74, 6) is 0.707. The van der Waals surface area contributed by atoms with Gasteiger partial charge in [0.2, 0.25) is 0 Å². The van der Waals surface area contributed by atoms with E-state index in [-0.39, 0.29) is 11.3 Å². The van der Waals surface area contributed by atoms with Gasteiger partial charge in [-0.15, -0.1) is 6.58 Å². The Morgan fingerprint density at radius 2 is 2.38 bits per heavy atom.